The van der Waals surface area contributed by atoms with Crippen LogP contribution in [0.5, 0.6) is 0 Å². The van der Waals surface area contributed by atoms with E-state index in [-0.39, 0.29) is 31.6 Å². The van der Waals surface area contributed by atoms with E-state index in [9.17, 15) is 22.7 Å². The molecule has 9 heteroatoms. The Hall–Kier alpha value is -2.49. The zero-order valence-corrected chi connectivity index (χ0v) is 19.3. The van der Waals surface area contributed by atoms with Crippen LogP contribution in [0.15, 0.2) is 53.7 Å². The average molecular weight is 483 g/mol. The maximum absolute atomic E-state index is 13.2. The van der Waals surface area contributed by atoms with Crippen molar-refractivity contribution in [3.05, 3.63) is 71.0 Å². The second-order valence-electron chi connectivity index (χ2n) is 8.95. The third-order valence-corrected chi connectivity index (χ3v) is 5.26. The van der Waals surface area contributed by atoms with Gasteiger partial charge in [0, 0.05) is 32.7 Å². The molecule has 0 bridgehead atoms. The number of nitrogens with zero attached hydrogens (tertiary/aromatic N) is 2. The molecule has 0 saturated heterocycles. The number of oxime groups is 1. The first-order valence-electron chi connectivity index (χ1n) is 11.2. The van der Waals surface area contributed by atoms with Crippen molar-refractivity contribution in [2.75, 3.05) is 26.3 Å². The zero-order chi connectivity index (χ0) is 24.7. The molecule has 1 heterocycles. The van der Waals surface area contributed by atoms with Crippen LogP contribution < -0.4 is 0 Å². The second-order valence-corrected chi connectivity index (χ2v) is 8.95. The summed E-state index contributed by atoms with van der Waals surface area (Å²) in [7, 11) is 0. The monoisotopic (exact) mass is 482 g/mol. The standard InChI is InChI=1S/C25H30F4N2O3/c1-17(2)15-33-16-22(32)13-31(12-18-4-3-5-20(10-18)25(27,28)29)14-23-11-24(30-34-23)19-6-8-21(26)9-7-19/h3-10,17,22-23,32H,11-16H2,1-2H3/t22-,23-/m1/s1. The molecule has 186 valence electrons. The molecule has 0 spiro atoms. The molecule has 2 atom stereocenters. The summed E-state index contributed by atoms with van der Waals surface area (Å²) in [4.78, 5) is 7.39. The van der Waals surface area contributed by atoms with Crippen LogP contribution in [-0.2, 0) is 22.3 Å². The third kappa shape index (κ3) is 8.07. The van der Waals surface area contributed by atoms with Crippen molar-refractivity contribution in [1.82, 2.24) is 4.90 Å². The summed E-state index contributed by atoms with van der Waals surface area (Å²) in [6.45, 7) is 5.36. The predicted molar refractivity (Wildman–Crippen MR) is 121 cm³/mol. The second kappa shape index (κ2) is 11.8. The number of hydrogen-bond acceptors (Lipinski definition) is 5. The van der Waals surface area contributed by atoms with Crippen molar-refractivity contribution in [2.45, 2.75) is 45.2 Å². The van der Waals surface area contributed by atoms with Crippen LogP contribution in [0.3, 0.4) is 0 Å². The molecule has 2 aromatic carbocycles. The summed E-state index contributed by atoms with van der Waals surface area (Å²) in [6, 6.07) is 11.1. The van der Waals surface area contributed by atoms with Gasteiger partial charge < -0.3 is 14.7 Å². The van der Waals surface area contributed by atoms with Gasteiger partial charge in [-0.1, -0.05) is 49.3 Å². The quantitative estimate of drug-likeness (QED) is 0.464. The number of aliphatic hydroxyl groups is 1. The number of ether oxygens (including phenoxy) is 1. The van der Waals surface area contributed by atoms with Gasteiger partial charge in [-0.05, 0) is 35.2 Å². The van der Waals surface area contributed by atoms with Gasteiger partial charge in [-0.15, -0.1) is 0 Å². The molecule has 0 radical (unpaired) electrons. The lowest BCUT2D eigenvalue weighted by molar-refractivity contribution is -0.137. The lowest BCUT2D eigenvalue weighted by atomic mass is 10.0. The van der Waals surface area contributed by atoms with Gasteiger partial charge in [-0.25, -0.2) is 4.39 Å². The zero-order valence-electron chi connectivity index (χ0n) is 19.3. The fourth-order valence-corrected chi connectivity index (χ4v) is 3.73. The Kier molecular flexibility index (Phi) is 9.04. The SMILES string of the molecule is CC(C)COC[C@H](O)CN(Cc1cccc(C(F)(F)F)c1)C[C@H]1CC(c2ccc(F)cc2)=NO1. The molecule has 1 N–H and O–H groups in total. The molecule has 0 unspecified atom stereocenters. The van der Waals surface area contributed by atoms with Crippen LogP contribution >= 0.6 is 0 Å². The van der Waals surface area contributed by atoms with Gasteiger partial charge in [0.2, 0.25) is 0 Å². The highest BCUT2D eigenvalue weighted by Crippen LogP contribution is 2.30. The fraction of sp³-hybridized carbons (Fsp3) is 0.480. The van der Waals surface area contributed by atoms with Crippen molar-refractivity contribution in [2.24, 2.45) is 11.1 Å². The van der Waals surface area contributed by atoms with Gasteiger partial charge in [-0.2, -0.15) is 13.2 Å². The molecule has 5 nitrogen and oxygen atoms in total. The number of alkyl halides is 3. The van der Waals surface area contributed by atoms with Crippen LogP contribution in [-0.4, -0.2) is 54.2 Å². The number of halogens is 4. The van der Waals surface area contributed by atoms with Gasteiger partial charge >= 0.3 is 6.18 Å². The molecule has 0 fully saturated rings. The molecule has 0 amide bonds. The molecular formula is C25H30F4N2O3. The fourth-order valence-electron chi connectivity index (χ4n) is 3.73. The van der Waals surface area contributed by atoms with E-state index in [2.05, 4.69) is 5.16 Å². The Labute approximate surface area is 197 Å². The minimum atomic E-state index is -4.43. The van der Waals surface area contributed by atoms with Crippen molar-refractivity contribution >= 4 is 5.71 Å². The molecule has 0 aliphatic carbocycles. The van der Waals surface area contributed by atoms with E-state index in [1.54, 1.807) is 18.2 Å². The number of aliphatic hydroxyl groups excluding tert-OH is 1. The Bertz CT molecular complexity index is 948. The Morgan fingerprint density at radius 1 is 1.15 bits per heavy atom. The maximum Gasteiger partial charge on any atom is 0.416 e. The lowest BCUT2D eigenvalue weighted by Crippen LogP contribution is -2.39. The highest BCUT2D eigenvalue weighted by atomic mass is 19.4. The molecule has 0 saturated carbocycles. The smallest absolute Gasteiger partial charge is 0.390 e. The van der Waals surface area contributed by atoms with E-state index in [1.807, 2.05) is 18.7 Å². The van der Waals surface area contributed by atoms with Crippen LogP contribution in [0.1, 0.15) is 37.0 Å². The topological polar surface area (TPSA) is 54.3 Å². The summed E-state index contributed by atoms with van der Waals surface area (Å²) in [5.41, 5.74) is 1.17. The molecule has 1 aliphatic rings. The van der Waals surface area contributed by atoms with Gasteiger partial charge in [0.25, 0.3) is 0 Å². The Morgan fingerprint density at radius 3 is 2.56 bits per heavy atom. The summed E-state index contributed by atoms with van der Waals surface area (Å²) in [5.74, 6) is -0.0249. The number of hydrogen-bond donors (Lipinski definition) is 1. The van der Waals surface area contributed by atoms with Crippen molar-refractivity contribution in [1.29, 1.82) is 0 Å². The predicted octanol–water partition coefficient (Wildman–Crippen LogP) is 4.87. The summed E-state index contributed by atoms with van der Waals surface area (Å²) >= 11 is 0. The first-order valence-corrected chi connectivity index (χ1v) is 11.2. The number of rotatable bonds is 11. The van der Waals surface area contributed by atoms with Crippen LogP contribution in [0, 0.1) is 11.7 Å². The van der Waals surface area contributed by atoms with Crippen molar-refractivity contribution in [3.63, 3.8) is 0 Å². The van der Waals surface area contributed by atoms with E-state index in [4.69, 9.17) is 9.57 Å². The van der Waals surface area contributed by atoms with E-state index < -0.39 is 17.8 Å². The van der Waals surface area contributed by atoms with Crippen LogP contribution in [0.2, 0.25) is 0 Å². The lowest BCUT2D eigenvalue weighted by Gasteiger charge is -2.27. The van der Waals surface area contributed by atoms with E-state index in [0.29, 0.717) is 36.8 Å². The average Bonchev–Trinajstić information content (AvgIpc) is 3.22. The largest absolute Gasteiger partial charge is 0.416 e. The van der Waals surface area contributed by atoms with E-state index >= 15 is 0 Å². The molecule has 34 heavy (non-hydrogen) atoms. The van der Waals surface area contributed by atoms with Gasteiger partial charge in [0.05, 0.1) is 24.0 Å². The molecular weight excluding hydrogens is 452 g/mol. The minimum absolute atomic E-state index is 0.125. The maximum atomic E-state index is 13.2. The van der Waals surface area contributed by atoms with Gasteiger partial charge in [0.15, 0.2) is 0 Å². The van der Waals surface area contributed by atoms with Gasteiger partial charge in [-0.3, -0.25) is 4.90 Å². The minimum Gasteiger partial charge on any atom is -0.390 e. The highest BCUT2D eigenvalue weighted by Gasteiger charge is 2.31. The van der Waals surface area contributed by atoms with E-state index in [0.717, 1.165) is 17.7 Å². The first-order chi connectivity index (χ1) is 16.1. The molecule has 0 aromatic heterocycles. The van der Waals surface area contributed by atoms with Crippen LogP contribution in [0.4, 0.5) is 17.6 Å². The van der Waals surface area contributed by atoms with Crippen molar-refractivity contribution in [3.8, 4) is 0 Å². The summed E-state index contributed by atoms with van der Waals surface area (Å²) < 4.78 is 58.2. The van der Waals surface area contributed by atoms with Crippen LogP contribution in [0.25, 0.3) is 0 Å². The van der Waals surface area contributed by atoms with Gasteiger partial charge in [0.1, 0.15) is 11.9 Å². The number of benzene rings is 2. The third-order valence-electron chi connectivity index (χ3n) is 5.26. The van der Waals surface area contributed by atoms with E-state index in [1.165, 1.54) is 18.2 Å². The molecule has 3 rings (SSSR count). The molecule has 1 aliphatic heterocycles. The molecule has 2 aromatic rings. The van der Waals surface area contributed by atoms with Crippen molar-refractivity contribution < 1.29 is 32.2 Å². The Morgan fingerprint density at radius 2 is 1.88 bits per heavy atom. The first kappa shape index (κ1) is 26.1. The summed E-state index contributed by atoms with van der Waals surface area (Å²) in [6.07, 6.45) is -5.14. The Balaban J connectivity index is 1.66. The highest BCUT2D eigenvalue weighted by molar-refractivity contribution is 6.01. The normalized spacial score (nSPS) is 17.2. The summed E-state index contributed by atoms with van der Waals surface area (Å²) in [5, 5.41) is 14.6.